The molecule has 0 spiro atoms. The zero-order valence-electron chi connectivity index (χ0n) is 7.02. The second-order valence-corrected chi connectivity index (χ2v) is 2.48. The number of phenols is 1. The molecule has 0 aliphatic rings. The molecule has 2 nitrogen and oxygen atoms in total. The van der Waals surface area contributed by atoms with Crippen molar-refractivity contribution in [1.82, 2.24) is 0 Å². The molecule has 0 amide bonds. The Labute approximate surface area is 76.7 Å². The highest BCUT2D eigenvalue weighted by molar-refractivity contribution is 5.44. The van der Waals surface area contributed by atoms with Crippen LogP contribution in [0.2, 0.25) is 0 Å². The van der Waals surface area contributed by atoms with Crippen molar-refractivity contribution in [2.75, 3.05) is 7.11 Å². The first kappa shape index (κ1) is 10.6. The van der Waals surface area contributed by atoms with Gasteiger partial charge in [0.15, 0.2) is 17.3 Å². The van der Waals surface area contributed by atoms with E-state index in [4.69, 9.17) is 5.11 Å². The van der Waals surface area contributed by atoms with E-state index < -0.39 is 23.3 Å². The molecule has 0 saturated heterocycles. The van der Waals surface area contributed by atoms with Crippen molar-refractivity contribution < 1.29 is 27.4 Å². The van der Waals surface area contributed by atoms with E-state index in [0.29, 0.717) is 6.07 Å². The molecule has 14 heavy (non-hydrogen) atoms. The Hall–Kier alpha value is -1.46. The average Bonchev–Trinajstić information content (AvgIpc) is 2.07. The normalized spacial score (nSPS) is 11.5. The molecule has 1 aromatic rings. The predicted octanol–water partition coefficient (Wildman–Crippen LogP) is 2.56. The molecule has 0 fully saturated rings. The Kier molecular flexibility index (Phi) is 2.55. The van der Waals surface area contributed by atoms with Gasteiger partial charge >= 0.3 is 6.18 Å². The molecule has 0 unspecified atom stereocenters. The lowest BCUT2D eigenvalue weighted by Gasteiger charge is -2.10. The molecule has 0 saturated carbocycles. The van der Waals surface area contributed by atoms with Gasteiger partial charge in [0.25, 0.3) is 0 Å². The monoisotopic (exact) mass is 210 g/mol. The van der Waals surface area contributed by atoms with E-state index >= 15 is 0 Å². The van der Waals surface area contributed by atoms with E-state index in [0.717, 1.165) is 13.2 Å². The molecule has 1 N–H and O–H groups in total. The minimum Gasteiger partial charge on any atom is -0.502 e. The van der Waals surface area contributed by atoms with Crippen LogP contribution >= 0.6 is 0 Å². The van der Waals surface area contributed by atoms with Crippen molar-refractivity contribution in [3.05, 3.63) is 23.5 Å². The number of benzene rings is 1. The fraction of sp³-hybridized carbons (Fsp3) is 0.250. The van der Waals surface area contributed by atoms with Crippen LogP contribution in [0.15, 0.2) is 12.1 Å². The zero-order chi connectivity index (χ0) is 10.9. The van der Waals surface area contributed by atoms with Crippen molar-refractivity contribution in [3.8, 4) is 11.5 Å². The highest BCUT2D eigenvalue weighted by Gasteiger charge is 2.35. The zero-order valence-corrected chi connectivity index (χ0v) is 7.02. The second kappa shape index (κ2) is 3.36. The number of phenolic OH excluding ortho intramolecular Hbond substituents is 1. The number of hydrogen-bond acceptors (Lipinski definition) is 2. The summed E-state index contributed by atoms with van der Waals surface area (Å²) < 4.78 is 53.5. The third-order valence-electron chi connectivity index (χ3n) is 1.60. The number of methoxy groups -OCH3 is 1. The molecule has 0 heterocycles. The number of ether oxygens (including phenoxy) is 1. The summed E-state index contributed by atoms with van der Waals surface area (Å²) in [5.41, 5.74) is -1.52. The lowest BCUT2D eigenvalue weighted by atomic mass is 10.2. The molecular formula is C8H6F4O2. The highest BCUT2D eigenvalue weighted by atomic mass is 19.4. The highest BCUT2D eigenvalue weighted by Crippen LogP contribution is 2.38. The first-order valence-corrected chi connectivity index (χ1v) is 3.50. The van der Waals surface area contributed by atoms with Crippen molar-refractivity contribution in [2.24, 2.45) is 0 Å². The number of aromatic hydroxyl groups is 1. The summed E-state index contributed by atoms with van der Waals surface area (Å²) >= 11 is 0. The summed E-state index contributed by atoms with van der Waals surface area (Å²) in [5.74, 6) is -3.20. The lowest BCUT2D eigenvalue weighted by Crippen LogP contribution is -2.08. The topological polar surface area (TPSA) is 29.5 Å². The van der Waals surface area contributed by atoms with E-state index in [1.807, 2.05) is 0 Å². The van der Waals surface area contributed by atoms with E-state index in [2.05, 4.69) is 4.74 Å². The van der Waals surface area contributed by atoms with Gasteiger partial charge in [0.1, 0.15) is 0 Å². The number of hydrogen-bond donors (Lipinski definition) is 1. The van der Waals surface area contributed by atoms with Gasteiger partial charge in [-0.05, 0) is 12.1 Å². The Balaban J connectivity index is 3.31. The number of rotatable bonds is 1. The maximum absolute atomic E-state index is 12.9. The van der Waals surface area contributed by atoms with Crippen LogP contribution in [-0.2, 0) is 6.18 Å². The van der Waals surface area contributed by atoms with Crippen LogP contribution in [0.1, 0.15) is 5.56 Å². The molecule has 0 aliphatic heterocycles. The standard InChI is InChI=1S/C8H6F4O2/c1-14-5-3-2-4(8(10,11)12)6(9)7(5)13/h2-3,13H,1H3. The fourth-order valence-corrected chi connectivity index (χ4v) is 0.930. The Morgan fingerprint density at radius 2 is 1.86 bits per heavy atom. The third kappa shape index (κ3) is 1.73. The first-order chi connectivity index (χ1) is 6.38. The molecule has 0 bridgehead atoms. The molecular weight excluding hydrogens is 204 g/mol. The maximum atomic E-state index is 12.9. The van der Waals surface area contributed by atoms with Crippen LogP contribution in [0, 0.1) is 5.82 Å². The van der Waals surface area contributed by atoms with Crippen LogP contribution in [-0.4, -0.2) is 12.2 Å². The minimum absolute atomic E-state index is 0.337. The van der Waals surface area contributed by atoms with E-state index in [1.165, 1.54) is 0 Å². The molecule has 78 valence electrons. The van der Waals surface area contributed by atoms with Crippen LogP contribution in [0.5, 0.6) is 11.5 Å². The molecule has 0 radical (unpaired) electrons. The molecule has 6 heteroatoms. The van der Waals surface area contributed by atoms with Crippen LogP contribution in [0.25, 0.3) is 0 Å². The molecule has 0 aromatic heterocycles. The number of alkyl halides is 3. The third-order valence-corrected chi connectivity index (χ3v) is 1.60. The van der Waals surface area contributed by atoms with Crippen molar-refractivity contribution in [2.45, 2.75) is 6.18 Å². The van der Waals surface area contributed by atoms with Gasteiger partial charge in [-0.1, -0.05) is 0 Å². The largest absolute Gasteiger partial charge is 0.502 e. The van der Waals surface area contributed by atoms with Gasteiger partial charge in [0.2, 0.25) is 0 Å². The molecule has 0 atom stereocenters. The predicted molar refractivity (Wildman–Crippen MR) is 39.6 cm³/mol. The number of halogens is 4. The molecule has 1 rings (SSSR count). The van der Waals surface area contributed by atoms with Crippen LogP contribution in [0.4, 0.5) is 17.6 Å². The molecule has 0 aliphatic carbocycles. The summed E-state index contributed by atoms with van der Waals surface area (Å²) in [6.45, 7) is 0. The van der Waals surface area contributed by atoms with Gasteiger partial charge in [-0.3, -0.25) is 0 Å². The van der Waals surface area contributed by atoms with Gasteiger partial charge < -0.3 is 9.84 Å². The van der Waals surface area contributed by atoms with Gasteiger partial charge in [-0.25, -0.2) is 4.39 Å². The van der Waals surface area contributed by atoms with Gasteiger partial charge in [-0.15, -0.1) is 0 Å². The van der Waals surface area contributed by atoms with Crippen molar-refractivity contribution in [3.63, 3.8) is 0 Å². The SMILES string of the molecule is COc1ccc(C(F)(F)F)c(F)c1O. The average molecular weight is 210 g/mol. The maximum Gasteiger partial charge on any atom is 0.419 e. The van der Waals surface area contributed by atoms with E-state index in [-0.39, 0.29) is 5.75 Å². The first-order valence-electron chi connectivity index (χ1n) is 3.50. The summed E-state index contributed by atoms with van der Waals surface area (Å²) in [5, 5.41) is 8.94. The summed E-state index contributed by atoms with van der Waals surface area (Å²) in [4.78, 5) is 0. The summed E-state index contributed by atoms with van der Waals surface area (Å²) in [6, 6.07) is 1.36. The Morgan fingerprint density at radius 3 is 2.29 bits per heavy atom. The van der Waals surface area contributed by atoms with E-state index in [1.54, 1.807) is 0 Å². The summed E-state index contributed by atoms with van der Waals surface area (Å²) in [6.07, 6.45) is -4.83. The van der Waals surface area contributed by atoms with Crippen molar-refractivity contribution >= 4 is 0 Å². The Morgan fingerprint density at radius 1 is 1.29 bits per heavy atom. The second-order valence-electron chi connectivity index (χ2n) is 2.48. The lowest BCUT2D eigenvalue weighted by molar-refractivity contribution is -0.140. The van der Waals surface area contributed by atoms with Crippen LogP contribution < -0.4 is 4.74 Å². The van der Waals surface area contributed by atoms with Crippen molar-refractivity contribution in [1.29, 1.82) is 0 Å². The summed E-state index contributed by atoms with van der Waals surface area (Å²) in [7, 11) is 1.11. The fourth-order valence-electron chi connectivity index (χ4n) is 0.930. The van der Waals surface area contributed by atoms with Gasteiger partial charge in [0.05, 0.1) is 12.7 Å². The van der Waals surface area contributed by atoms with Gasteiger partial charge in [0, 0.05) is 0 Å². The Bertz CT molecular complexity index is 346. The van der Waals surface area contributed by atoms with E-state index in [9.17, 15) is 17.6 Å². The van der Waals surface area contributed by atoms with Gasteiger partial charge in [-0.2, -0.15) is 13.2 Å². The minimum atomic E-state index is -4.83. The van der Waals surface area contributed by atoms with Crippen LogP contribution in [0.3, 0.4) is 0 Å². The molecule has 1 aromatic carbocycles. The smallest absolute Gasteiger partial charge is 0.419 e. The quantitative estimate of drug-likeness (QED) is 0.722.